The predicted molar refractivity (Wildman–Crippen MR) is 77.5 cm³/mol. The molecule has 0 aliphatic carbocycles. The summed E-state index contributed by atoms with van der Waals surface area (Å²) in [5.41, 5.74) is 2.67. The summed E-state index contributed by atoms with van der Waals surface area (Å²) in [6.45, 7) is 8.49. The van der Waals surface area contributed by atoms with Crippen LogP contribution in [-0.4, -0.2) is 14.9 Å². The van der Waals surface area contributed by atoms with E-state index in [4.69, 9.17) is 11.6 Å². The van der Waals surface area contributed by atoms with Crippen LogP contribution >= 0.6 is 11.6 Å². The van der Waals surface area contributed by atoms with Gasteiger partial charge in [-0.2, -0.15) is 5.10 Å². The van der Waals surface area contributed by atoms with Gasteiger partial charge in [0, 0.05) is 6.54 Å². The first kappa shape index (κ1) is 14.1. The van der Waals surface area contributed by atoms with Gasteiger partial charge < -0.3 is 5.11 Å². The molecule has 1 N–H and O–H groups in total. The molecule has 1 aromatic carbocycles. The lowest BCUT2D eigenvalue weighted by molar-refractivity contribution is 0.0918. The standard InChI is InChI=1S/C15H19ClN2O/c1-5-18-14(13(16)9-17-18)15(4,19)12-7-6-10(2)11(3)8-12/h6-9,19H,5H2,1-4H3. The van der Waals surface area contributed by atoms with Crippen molar-refractivity contribution in [1.82, 2.24) is 9.78 Å². The fourth-order valence-corrected chi connectivity index (χ4v) is 2.59. The molecular formula is C15H19ClN2O. The molecule has 1 heterocycles. The van der Waals surface area contributed by atoms with Gasteiger partial charge in [0.1, 0.15) is 5.60 Å². The third-order valence-electron chi connectivity index (χ3n) is 3.62. The van der Waals surface area contributed by atoms with Gasteiger partial charge in [-0.25, -0.2) is 0 Å². The lowest BCUT2D eigenvalue weighted by Crippen LogP contribution is -2.27. The number of benzene rings is 1. The van der Waals surface area contributed by atoms with Crippen LogP contribution in [0.5, 0.6) is 0 Å². The second kappa shape index (κ2) is 4.99. The molecule has 2 rings (SSSR count). The molecule has 0 radical (unpaired) electrons. The lowest BCUT2D eigenvalue weighted by Gasteiger charge is -2.26. The van der Waals surface area contributed by atoms with Crippen LogP contribution in [0.1, 0.15) is 36.2 Å². The van der Waals surface area contributed by atoms with E-state index >= 15 is 0 Å². The maximum absolute atomic E-state index is 10.9. The van der Waals surface area contributed by atoms with Gasteiger partial charge in [0.15, 0.2) is 0 Å². The van der Waals surface area contributed by atoms with Gasteiger partial charge in [0.05, 0.1) is 16.9 Å². The molecule has 2 aromatic rings. The maximum Gasteiger partial charge on any atom is 0.130 e. The van der Waals surface area contributed by atoms with Gasteiger partial charge in [-0.05, 0) is 44.4 Å². The number of aryl methyl sites for hydroxylation is 3. The first-order chi connectivity index (χ1) is 8.87. The van der Waals surface area contributed by atoms with E-state index in [1.165, 1.54) is 5.56 Å². The zero-order chi connectivity index (χ0) is 14.2. The van der Waals surface area contributed by atoms with Crippen molar-refractivity contribution in [2.75, 3.05) is 0 Å². The minimum Gasteiger partial charge on any atom is -0.379 e. The first-order valence-corrected chi connectivity index (χ1v) is 6.77. The first-order valence-electron chi connectivity index (χ1n) is 6.39. The number of halogens is 1. The molecule has 0 bridgehead atoms. The minimum atomic E-state index is -1.15. The van der Waals surface area contributed by atoms with E-state index in [2.05, 4.69) is 12.0 Å². The van der Waals surface area contributed by atoms with Crippen molar-refractivity contribution in [2.24, 2.45) is 0 Å². The Bertz CT molecular complexity index is 602. The normalized spacial score (nSPS) is 14.4. The Morgan fingerprint density at radius 2 is 2.00 bits per heavy atom. The highest BCUT2D eigenvalue weighted by Crippen LogP contribution is 2.34. The summed E-state index contributed by atoms with van der Waals surface area (Å²) in [6, 6.07) is 5.95. The van der Waals surface area contributed by atoms with Gasteiger partial charge in [-0.3, -0.25) is 4.68 Å². The van der Waals surface area contributed by atoms with Crippen molar-refractivity contribution in [2.45, 2.75) is 39.8 Å². The molecule has 0 aliphatic rings. The zero-order valence-electron chi connectivity index (χ0n) is 11.7. The summed E-state index contributed by atoms with van der Waals surface area (Å²) in [7, 11) is 0. The molecule has 0 fully saturated rings. The largest absolute Gasteiger partial charge is 0.379 e. The van der Waals surface area contributed by atoms with E-state index in [0.717, 1.165) is 11.1 Å². The van der Waals surface area contributed by atoms with E-state index in [9.17, 15) is 5.11 Å². The van der Waals surface area contributed by atoms with Crippen LogP contribution in [0.3, 0.4) is 0 Å². The summed E-state index contributed by atoms with van der Waals surface area (Å²) in [4.78, 5) is 0. The second-order valence-electron chi connectivity index (χ2n) is 5.03. The average Bonchev–Trinajstić information content (AvgIpc) is 2.74. The van der Waals surface area contributed by atoms with E-state index in [-0.39, 0.29) is 0 Å². The Balaban J connectivity index is 2.57. The fourth-order valence-electron chi connectivity index (χ4n) is 2.27. The lowest BCUT2D eigenvalue weighted by atomic mass is 9.90. The number of nitrogens with zero attached hydrogens (tertiary/aromatic N) is 2. The monoisotopic (exact) mass is 278 g/mol. The molecule has 102 valence electrons. The van der Waals surface area contributed by atoms with Crippen LogP contribution in [0.25, 0.3) is 0 Å². The molecule has 0 saturated carbocycles. The SMILES string of the molecule is CCn1ncc(Cl)c1C(C)(O)c1ccc(C)c(C)c1. The Kier molecular flexibility index (Phi) is 3.70. The Morgan fingerprint density at radius 1 is 1.32 bits per heavy atom. The van der Waals surface area contributed by atoms with Crippen molar-refractivity contribution < 1.29 is 5.11 Å². The molecule has 1 unspecified atom stereocenters. The predicted octanol–water partition coefficient (Wildman–Crippen LogP) is 3.43. The van der Waals surface area contributed by atoms with Crippen LogP contribution in [-0.2, 0) is 12.1 Å². The molecule has 0 aliphatic heterocycles. The van der Waals surface area contributed by atoms with Crippen LogP contribution < -0.4 is 0 Å². The number of hydrogen-bond acceptors (Lipinski definition) is 2. The smallest absolute Gasteiger partial charge is 0.130 e. The number of hydrogen-bond donors (Lipinski definition) is 1. The van der Waals surface area contributed by atoms with E-state index in [0.29, 0.717) is 17.3 Å². The van der Waals surface area contributed by atoms with Gasteiger partial charge in [-0.1, -0.05) is 29.8 Å². The van der Waals surface area contributed by atoms with Gasteiger partial charge >= 0.3 is 0 Å². The Labute approximate surface area is 118 Å². The molecule has 1 aromatic heterocycles. The number of rotatable bonds is 3. The minimum absolute atomic E-state index is 0.491. The Hall–Kier alpha value is -1.32. The van der Waals surface area contributed by atoms with Crippen LogP contribution in [0, 0.1) is 13.8 Å². The molecule has 0 amide bonds. The van der Waals surface area contributed by atoms with Gasteiger partial charge in [-0.15, -0.1) is 0 Å². The van der Waals surface area contributed by atoms with Crippen LogP contribution in [0.4, 0.5) is 0 Å². The van der Waals surface area contributed by atoms with Crippen molar-refractivity contribution >= 4 is 11.6 Å². The maximum atomic E-state index is 10.9. The van der Waals surface area contributed by atoms with Gasteiger partial charge in [0.25, 0.3) is 0 Å². The molecular weight excluding hydrogens is 260 g/mol. The van der Waals surface area contributed by atoms with E-state index in [1.54, 1.807) is 17.8 Å². The van der Waals surface area contributed by atoms with E-state index in [1.807, 2.05) is 32.0 Å². The highest BCUT2D eigenvalue weighted by molar-refractivity contribution is 6.31. The third kappa shape index (κ3) is 2.40. The molecule has 1 atom stereocenters. The van der Waals surface area contributed by atoms with E-state index < -0.39 is 5.60 Å². The summed E-state index contributed by atoms with van der Waals surface area (Å²) in [5, 5.41) is 15.6. The number of aliphatic hydroxyl groups is 1. The fraction of sp³-hybridized carbons (Fsp3) is 0.400. The van der Waals surface area contributed by atoms with Gasteiger partial charge in [0.2, 0.25) is 0 Å². The highest BCUT2D eigenvalue weighted by Gasteiger charge is 2.32. The molecule has 4 heteroatoms. The van der Waals surface area contributed by atoms with Crippen molar-refractivity contribution in [3.63, 3.8) is 0 Å². The zero-order valence-corrected chi connectivity index (χ0v) is 12.5. The van der Waals surface area contributed by atoms with Crippen molar-refractivity contribution in [3.05, 3.63) is 51.8 Å². The third-order valence-corrected chi connectivity index (χ3v) is 3.90. The second-order valence-corrected chi connectivity index (χ2v) is 5.44. The average molecular weight is 279 g/mol. The topological polar surface area (TPSA) is 38.0 Å². The molecule has 19 heavy (non-hydrogen) atoms. The Morgan fingerprint density at radius 3 is 2.58 bits per heavy atom. The van der Waals surface area contributed by atoms with Crippen molar-refractivity contribution in [3.8, 4) is 0 Å². The highest BCUT2D eigenvalue weighted by atomic mass is 35.5. The number of aromatic nitrogens is 2. The summed E-state index contributed by atoms with van der Waals surface area (Å²) < 4.78 is 1.73. The molecule has 3 nitrogen and oxygen atoms in total. The summed E-state index contributed by atoms with van der Waals surface area (Å²) in [5.74, 6) is 0. The van der Waals surface area contributed by atoms with Crippen LogP contribution in [0.15, 0.2) is 24.4 Å². The summed E-state index contributed by atoms with van der Waals surface area (Å²) in [6.07, 6.45) is 1.58. The molecule has 0 saturated heterocycles. The van der Waals surface area contributed by atoms with Crippen LogP contribution in [0.2, 0.25) is 5.02 Å². The summed E-state index contributed by atoms with van der Waals surface area (Å²) >= 11 is 6.19. The molecule has 0 spiro atoms. The quantitative estimate of drug-likeness (QED) is 0.934. The van der Waals surface area contributed by atoms with Crippen molar-refractivity contribution in [1.29, 1.82) is 0 Å².